The van der Waals surface area contributed by atoms with Crippen LogP contribution in [0.5, 0.6) is 0 Å². The Hall–Kier alpha value is -5.44. The Morgan fingerprint density at radius 1 is 0.326 bits per heavy atom. The highest BCUT2D eigenvalue weighted by Gasteiger charge is 2.64. The van der Waals surface area contributed by atoms with Gasteiger partial charge in [0, 0.05) is 15.4 Å². The van der Waals surface area contributed by atoms with Gasteiger partial charge in [0.25, 0.3) is 0 Å². The molecule has 484 valence electrons. The summed E-state index contributed by atoms with van der Waals surface area (Å²) < 4.78 is 143. The van der Waals surface area contributed by atoms with Crippen LogP contribution in [-0.4, -0.2) is 89.1 Å². The topological polar surface area (TPSA) is 136 Å². The van der Waals surface area contributed by atoms with Gasteiger partial charge >= 0.3 is 35.4 Å². The first-order chi connectivity index (χ1) is 42.7. The van der Waals surface area contributed by atoms with Gasteiger partial charge in [0.2, 0.25) is 0 Å². The maximum absolute atomic E-state index is 14.5. The Kier molecular flexibility index (Phi) is 25.8. The highest BCUT2D eigenvalue weighted by Crippen LogP contribution is 2.43. The van der Waals surface area contributed by atoms with Crippen molar-refractivity contribution in [1.82, 2.24) is 0 Å². The van der Waals surface area contributed by atoms with Crippen LogP contribution in [0.4, 0.5) is 35.1 Å². The van der Waals surface area contributed by atoms with E-state index in [-0.39, 0.29) is 56.6 Å². The van der Waals surface area contributed by atoms with Gasteiger partial charge in [-0.3, -0.25) is 0 Å². The van der Waals surface area contributed by atoms with E-state index in [0.717, 1.165) is 16.6 Å². The van der Waals surface area contributed by atoms with Crippen LogP contribution in [0.2, 0.25) is 0 Å². The van der Waals surface area contributed by atoms with E-state index in [4.69, 9.17) is 48.0 Å². The molecular weight excluding hydrogens is 1400 g/mol. The molecule has 8 aromatic rings. The summed E-state index contributed by atoms with van der Waals surface area (Å²) in [6.45, 7) is 23.9. The molecule has 4 N–H and O–H groups in total. The van der Waals surface area contributed by atoms with E-state index in [1.807, 2.05) is 83.1 Å². The Morgan fingerprint density at radius 3 is 0.978 bits per heavy atom. The second-order valence-electron chi connectivity index (χ2n) is 24.3. The molecule has 3 fully saturated rings. The van der Waals surface area contributed by atoms with Crippen molar-refractivity contribution in [2.45, 2.75) is 117 Å². The third-order valence-electron chi connectivity index (χ3n) is 16.0. The minimum Gasteiger partial charge on any atom is -0.423 e. The SMILES string of the molecule is CC1(C)OB(B2OC(C)(C)C(C)(C)O2)OC1(C)C.CC1(C)OB(c2ccc(-c3cccc(F)c3)cc2F)OC1(C)C.Fc1cc(Br)ccc1Br.Fc1cccc(-c2ccc(Br)c(F)c2)c1.OB(O)c1ccc(-c2cccc(F)c2)cc1F.OB(O)c1cccc(F)c1. The Labute approximate surface area is 559 Å². The molecule has 0 spiro atoms. The average molecular weight is 1470 g/mol. The van der Waals surface area contributed by atoms with E-state index in [9.17, 15) is 35.1 Å². The standard InChI is InChI=1S/C18H19BF2O2.C12H24B2O4.C12H9BF2O2.C12H7BrF2.C6H6BFO2.C6H3Br2F/c1-17(2)18(3,4)23-19(22-17)15-9-8-13(11-16(15)21)12-6-5-7-14(20)10-12;1-9(2)10(3,4)16-13(15-9)14-17-11(5,6)12(7,8)18-14;14-10-3-1-2-8(6-10)9-4-5-11(13(16)17)12(15)7-9;13-11-5-4-9(7-12(11)15)8-2-1-3-10(14)6-8;8-6-3-1-2-5(4-6)7(9)10;7-4-1-2-5(8)6(9)3-4/h5-11H,1-4H3;1-8H3;1-7,16-17H;1-7H;1-4,9-10H;1-3H. The average Bonchev–Trinajstić information content (AvgIpc) is 1.61. The molecule has 3 aliphatic rings. The normalized spacial score (nSPS) is 16.6. The monoisotopic (exact) mass is 1460 g/mol. The molecule has 0 atom stereocenters. The van der Waals surface area contributed by atoms with Crippen LogP contribution in [0.15, 0.2) is 183 Å². The number of hydrogen-bond donors (Lipinski definition) is 4. The molecule has 0 unspecified atom stereocenters. The lowest BCUT2D eigenvalue weighted by Crippen LogP contribution is -2.41. The molecule has 3 aliphatic heterocycles. The molecule has 10 nitrogen and oxygen atoms in total. The van der Waals surface area contributed by atoms with Gasteiger partial charge in [0.15, 0.2) is 0 Å². The smallest absolute Gasteiger partial charge is 0.423 e. The van der Waals surface area contributed by atoms with Crippen molar-refractivity contribution >= 4 is 99.6 Å². The van der Waals surface area contributed by atoms with Gasteiger partial charge in [-0.15, -0.1) is 0 Å². The van der Waals surface area contributed by atoms with Crippen molar-refractivity contribution in [2.24, 2.45) is 0 Å². The summed E-state index contributed by atoms with van der Waals surface area (Å²) >= 11 is 9.24. The molecule has 0 radical (unpaired) electrons. The van der Waals surface area contributed by atoms with Crippen LogP contribution in [0.3, 0.4) is 0 Å². The maximum atomic E-state index is 14.5. The van der Waals surface area contributed by atoms with Crippen molar-refractivity contribution in [3.8, 4) is 33.4 Å². The predicted molar refractivity (Wildman–Crippen MR) is 359 cm³/mol. The summed E-state index contributed by atoms with van der Waals surface area (Å²) in [4.78, 5) is 0. The molecule has 3 saturated heterocycles. The Balaban J connectivity index is 0.000000180. The fraction of sp³-hybridized carbons (Fsp3) is 0.273. The lowest BCUT2D eigenvalue weighted by molar-refractivity contribution is 0.00578. The van der Waals surface area contributed by atoms with Gasteiger partial charge in [-0.05, 0) is 245 Å². The number of halogens is 11. The number of hydrogen-bond acceptors (Lipinski definition) is 10. The quantitative estimate of drug-likeness (QED) is 0.0694. The van der Waals surface area contributed by atoms with Crippen molar-refractivity contribution in [2.75, 3.05) is 0 Å². The maximum Gasteiger partial charge on any atom is 0.497 e. The molecule has 0 aromatic heterocycles. The van der Waals surface area contributed by atoms with Gasteiger partial charge in [0.1, 0.15) is 46.5 Å². The van der Waals surface area contributed by atoms with E-state index < -0.39 is 69.8 Å². The fourth-order valence-corrected chi connectivity index (χ4v) is 9.43. The molecule has 3 heterocycles. The highest BCUT2D eigenvalue weighted by molar-refractivity contribution is 9.11. The van der Waals surface area contributed by atoms with Crippen molar-refractivity contribution in [1.29, 1.82) is 0 Å². The van der Waals surface area contributed by atoms with Crippen LogP contribution in [0.25, 0.3) is 33.4 Å². The van der Waals surface area contributed by atoms with Crippen molar-refractivity contribution in [3.63, 3.8) is 0 Å². The van der Waals surface area contributed by atoms with E-state index in [2.05, 4.69) is 47.8 Å². The van der Waals surface area contributed by atoms with Crippen LogP contribution in [-0.2, 0) is 27.9 Å². The van der Waals surface area contributed by atoms with Gasteiger partial charge in [-0.2, -0.15) is 0 Å². The van der Waals surface area contributed by atoms with Crippen LogP contribution in [0.1, 0.15) is 83.1 Å². The molecule has 26 heteroatoms. The number of rotatable bonds is 7. The van der Waals surface area contributed by atoms with Gasteiger partial charge < -0.3 is 48.0 Å². The molecule has 8 aromatic carbocycles. The third-order valence-corrected chi connectivity index (χ3v) is 17.8. The Bertz CT molecular complexity index is 3730. The first-order valence-electron chi connectivity index (χ1n) is 28.7. The summed E-state index contributed by atoms with van der Waals surface area (Å²) in [5, 5.41) is 34.8. The second kappa shape index (κ2) is 31.4. The molecule has 92 heavy (non-hydrogen) atoms. The number of benzene rings is 8. The minimum atomic E-state index is -1.85. The van der Waals surface area contributed by atoms with Crippen molar-refractivity contribution in [3.05, 3.63) is 230 Å². The van der Waals surface area contributed by atoms with Crippen LogP contribution < -0.4 is 16.4 Å². The minimum absolute atomic E-state index is 0.167. The zero-order valence-corrected chi connectivity index (χ0v) is 57.2. The van der Waals surface area contributed by atoms with E-state index in [0.29, 0.717) is 47.8 Å². The van der Waals surface area contributed by atoms with Gasteiger partial charge in [-0.25, -0.2) is 35.1 Å². The van der Waals surface area contributed by atoms with Gasteiger partial charge in [-0.1, -0.05) is 94.8 Å². The zero-order valence-electron chi connectivity index (χ0n) is 52.4. The molecule has 11 rings (SSSR count). The second-order valence-corrected chi connectivity index (χ2v) is 27.0. The van der Waals surface area contributed by atoms with Gasteiger partial charge in [0.05, 0.1) is 42.6 Å². The van der Waals surface area contributed by atoms with E-state index in [1.54, 1.807) is 66.7 Å². The van der Waals surface area contributed by atoms with Crippen molar-refractivity contribution < 1.29 is 83.1 Å². The van der Waals surface area contributed by atoms with E-state index >= 15 is 0 Å². The summed E-state index contributed by atoms with van der Waals surface area (Å²) in [7, 11) is -5.14. The summed E-state index contributed by atoms with van der Waals surface area (Å²) in [6.07, 6.45) is 0. The van der Waals surface area contributed by atoms with Crippen LogP contribution in [0, 0.1) is 46.5 Å². The Morgan fingerprint density at radius 2 is 0.652 bits per heavy atom. The van der Waals surface area contributed by atoms with Crippen LogP contribution >= 0.6 is 47.8 Å². The predicted octanol–water partition coefficient (Wildman–Crippen LogP) is 14.7. The summed E-state index contributed by atoms with van der Waals surface area (Å²) in [6, 6.07) is 41.3. The first kappa shape index (κ1) is 75.6. The molecule has 0 bridgehead atoms. The third kappa shape index (κ3) is 20.1. The van der Waals surface area contributed by atoms with E-state index in [1.165, 1.54) is 91.0 Å². The lowest BCUT2D eigenvalue weighted by atomic mass is 9.49. The summed E-state index contributed by atoms with van der Waals surface area (Å²) in [5.74, 6) is -3.30. The first-order valence-corrected chi connectivity index (χ1v) is 31.1. The largest absolute Gasteiger partial charge is 0.497 e. The fourth-order valence-electron chi connectivity index (χ4n) is 8.60. The highest BCUT2D eigenvalue weighted by atomic mass is 79.9. The lowest BCUT2D eigenvalue weighted by Gasteiger charge is -2.32. The molecule has 0 amide bonds. The molecule has 0 saturated carbocycles. The summed E-state index contributed by atoms with van der Waals surface area (Å²) in [5.41, 5.74) is 1.41. The molecular formula is C66H68B5Br3F8O10. The zero-order chi connectivity index (χ0) is 68.5. The molecule has 0 aliphatic carbocycles.